The summed E-state index contributed by atoms with van der Waals surface area (Å²) in [5, 5.41) is 15.1. The van der Waals surface area contributed by atoms with E-state index in [9.17, 15) is 17.6 Å². The Morgan fingerprint density at radius 2 is 1.81 bits per heavy atom. The minimum atomic E-state index is -5.08. The van der Waals surface area contributed by atoms with Crippen molar-refractivity contribution in [2.45, 2.75) is 31.7 Å². The number of aliphatic carboxylic acids is 1. The molecular formula is C29H26F4N6O4. The number of carbonyl (C=O) groups is 1. The second-order valence-electron chi connectivity index (χ2n) is 9.71. The number of benzene rings is 2. The van der Waals surface area contributed by atoms with Gasteiger partial charge < -0.3 is 25.3 Å². The van der Waals surface area contributed by atoms with E-state index in [0.717, 1.165) is 42.6 Å². The Labute approximate surface area is 242 Å². The molecule has 2 aromatic carbocycles. The molecule has 4 N–H and O–H groups in total. The first-order valence-corrected chi connectivity index (χ1v) is 13.2. The van der Waals surface area contributed by atoms with Crippen LogP contribution in [0.5, 0.6) is 5.75 Å². The van der Waals surface area contributed by atoms with Crippen LogP contribution < -0.4 is 15.8 Å². The Bertz CT molecular complexity index is 1710. The van der Waals surface area contributed by atoms with Gasteiger partial charge in [0, 0.05) is 29.6 Å². The first-order chi connectivity index (χ1) is 20.6. The lowest BCUT2D eigenvalue weighted by Gasteiger charge is -2.22. The van der Waals surface area contributed by atoms with Crippen molar-refractivity contribution in [3.63, 3.8) is 0 Å². The average Bonchev–Trinajstić information content (AvgIpc) is 3.65. The number of fused-ring (bicyclic) bond motifs is 1. The van der Waals surface area contributed by atoms with Crippen LogP contribution in [0.4, 0.5) is 23.4 Å². The maximum absolute atomic E-state index is 13.1. The lowest BCUT2D eigenvalue weighted by molar-refractivity contribution is -0.192. The molecule has 43 heavy (non-hydrogen) atoms. The smallest absolute Gasteiger partial charge is 0.489 e. The first-order valence-electron chi connectivity index (χ1n) is 13.2. The third-order valence-corrected chi connectivity index (χ3v) is 6.69. The summed E-state index contributed by atoms with van der Waals surface area (Å²) in [4.78, 5) is 17.9. The minimum Gasteiger partial charge on any atom is -0.489 e. The second-order valence-corrected chi connectivity index (χ2v) is 9.71. The molecular weight excluding hydrogens is 572 g/mol. The topological polar surface area (TPSA) is 141 Å². The molecule has 14 heteroatoms. The molecule has 10 nitrogen and oxygen atoms in total. The molecule has 1 fully saturated rings. The summed E-state index contributed by atoms with van der Waals surface area (Å²) in [7, 11) is 0. The number of alkyl halides is 3. The van der Waals surface area contributed by atoms with Crippen LogP contribution >= 0.6 is 0 Å². The summed E-state index contributed by atoms with van der Waals surface area (Å²) in [6, 6.07) is 14.0. The van der Waals surface area contributed by atoms with Crippen molar-refractivity contribution in [3.8, 4) is 28.3 Å². The van der Waals surface area contributed by atoms with Crippen molar-refractivity contribution < 1.29 is 36.6 Å². The third-order valence-electron chi connectivity index (χ3n) is 6.69. The molecule has 1 aliphatic heterocycles. The molecule has 0 amide bonds. The van der Waals surface area contributed by atoms with Gasteiger partial charge >= 0.3 is 12.1 Å². The van der Waals surface area contributed by atoms with Crippen molar-refractivity contribution in [3.05, 3.63) is 78.5 Å². The van der Waals surface area contributed by atoms with Gasteiger partial charge in [-0.05, 0) is 61.8 Å². The SMILES string of the molecule is Nc1ncc(-c2cnn(C3CCNCC3)c2)cc1-c1nc2ccc(OCc3ccc(F)cc3)cc2o1.O=C(O)C(F)(F)F. The number of hydrogen-bond donors (Lipinski definition) is 3. The Hall–Kier alpha value is -4.98. The number of hydrogen-bond acceptors (Lipinski definition) is 8. The quantitative estimate of drug-likeness (QED) is 0.213. The minimum absolute atomic E-state index is 0.275. The van der Waals surface area contributed by atoms with Crippen LogP contribution in [0.25, 0.3) is 33.7 Å². The maximum atomic E-state index is 13.1. The number of carboxylic acids is 1. The van der Waals surface area contributed by atoms with Crippen LogP contribution in [0.1, 0.15) is 24.4 Å². The van der Waals surface area contributed by atoms with Gasteiger partial charge in [0.1, 0.15) is 29.5 Å². The number of halogens is 4. The fraction of sp³-hybridized carbons (Fsp3) is 0.241. The van der Waals surface area contributed by atoms with Crippen molar-refractivity contribution in [1.82, 2.24) is 25.1 Å². The van der Waals surface area contributed by atoms with Crippen LogP contribution in [0.3, 0.4) is 0 Å². The van der Waals surface area contributed by atoms with E-state index in [0.29, 0.717) is 46.8 Å². The molecule has 0 unspecified atom stereocenters. The van der Waals surface area contributed by atoms with E-state index >= 15 is 0 Å². The van der Waals surface area contributed by atoms with Crippen LogP contribution in [-0.2, 0) is 11.4 Å². The van der Waals surface area contributed by atoms with Gasteiger partial charge in [0.25, 0.3) is 0 Å². The number of nitrogens with zero attached hydrogens (tertiary/aromatic N) is 4. The van der Waals surface area contributed by atoms with E-state index in [1.807, 2.05) is 29.1 Å². The van der Waals surface area contributed by atoms with Crippen molar-refractivity contribution in [2.24, 2.45) is 0 Å². The molecule has 224 valence electrons. The van der Waals surface area contributed by atoms with Gasteiger partial charge in [0.2, 0.25) is 5.89 Å². The number of ether oxygens (including phenoxy) is 1. The second kappa shape index (κ2) is 12.5. The van der Waals surface area contributed by atoms with Gasteiger partial charge in [-0.3, -0.25) is 4.68 Å². The highest BCUT2D eigenvalue weighted by Crippen LogP contribution is 2.33. The highest BCUT2D eigenvalue weighted by atomic mass is 19.4. The molecule has 0 aliphatic carbocycles. The molecule has 4 heterocycles. The van der Waals surface area contributed by atoms with E-state index in [4.69, 9.17) is 24.8 Å². The number of nitrogens with one attached hydrogen (secondary N) is 1. The monoisotopic (exact) mass is 598 g/mol. The van der Waals surface area contributed by atoms with Crippen LogP contribution in [0.15, 0.2) is 71.5 Å². The Kier molecular flexibility index (Phi) is 8.57. The maximum Gasteiger partial charge on any atom is 0.490 e. The van der Waals surface area contributed by atoms with E-state index in [1.165, 1.54) is 12.1 Å². The summed E-state index contributed by atoms with van der Waals surface area (Å²) in [6.45, 7) is 2.32. The molecule has 0 spiro atoms. The lowest BCUT2D eigenvalue weighted by Crippen LogP contribution is -2.29. The van der Waals surface area contributed by atoms with Crippen LogP contribution in [0.2, 0.25) is 0 Å². The predicted molar refractivity (Wildman–Crippen MR) is 148 cm³/mol. The Balaban J connectivity index is 0.000000472. The number of pyridine rings is 1. The van der Waals surface area contributed by atoms with Crippen molar-refractivity contribution in [1.29, 1.82) is 0 Å². The zero-order chi connectivity index (χ0) is 30.6. The number of anilines is 1. The molecule has 3 aromatic heterocycles. The van der Waals surface area contributed by atoms with Crippen LogP contribution in [0, 0.1) is 5.82 Å². The van der Waals surface area contributed by atoms with E-state index in [-0.39, 0.29) is 5.82 Å². The number of carboxylic acid groups (broad SMARTS) is 1. The summed E-state index contributed by atoms with van der Waals surface area (Å²) >= 11 is 0. The first kappa shape index (κ1) is 29.5. The fourth-order valence-corrected chi connectivity index (χ4v) is 4.42. The standard InChI is InChI=1S/C27H25FN6O2.C2HF3O2/c28-20-3-1-17(2-4-20)16-35-22-5-6-24-25(12-22)36-27(33-24)23-11-18(13-31-26(23)29)19-14-32-34(15-19)21-7-9-30-10-8-21;3-2(4,5)1(6)7/h1-6,11-15,21,30H,7-10,16H2,(H2,29,31);(H,6,7). The summed E-state index contributed by atoms with van der Waals surface area (Å²) in [5.41, 5.74) is 10.8. The highest BCUT2D eigenvalue weighted by molar-refractivity contribution is 5.81. The van der Waals surface area contributed by atoms with Crippen molar-refractivity contribution in [2.75, 3.05) is 18.8 Å². The van der Waals surface area contributed by atoms with E-state index < -0.39 is 12.1 Å². The summed E-state index contributed by atoms with van der Waals surface area (Å²) in [6.07, 6.45) is 2.70. The summed E-state index contributed by atoms with van der Waals surface area (Å²) in [5.74, 6) is -1.68. The number of rotatable bonds is 6. The molecule has 0 bridgehead atoms. The van der Waals surface area contributed by atoms with Crippen molar-refractivity contribution >= 4 is 22.9 Å². The Morgan fingerprint density at radius 1 is 1.09 bits per heavy atom. The average molecular weight is 599 g/mol. The van der Waals surface area contributed by atoms with Gasteiger partial charge in [-0.2, -0.15) is 18.3 Å². The van der Waals surface area contributed by atoms with Crippen LogP contribution in [-0.4, -0.2) is 50.1 Å². The van der Waals surface area contributed by atoms with Gasteiger partial charge in [-0.1, -0.05) is 12.1 Å². The number of piperidine rings is 1. The largest absolute Gasteiger partial charge is 0.490 e. The molecule has 5 aromatic rings. The normalized spacial score (nSPS) is 13.9. The Morgan fingerprint density at radius 3 is 2.51 bits per heavy atom. The third kappa shape index (κ3) is 7.27. The summed E-state index contributed by atoms with van der Waals surface area (Å²) < 4.78 is 58.8. The van der Waals surface area contributed by atoms with Gasteiger partial charge in [0.15, 0.2) is 5.58 Å². The van der Waals surface area contributed by atoms with E-state index in [2.05, 4.69) is 26.6 Å². The zero-order valence-corrected chi connectivity index (χ0v) is 22.5. The number of aromatic nitrogens is 4. The highest BCUT2D eigenvalue weighted by Gasteiger charge is 2.38. The number of nitrogens with two attached hydrogens (primary N) is 1. The molecule has 0 radical (unpaired) electrons. The predicted octanol–water partition coefficient (Wildman–Crippen LogP) is 5.61. The number of nitrogen functional groups attached to an aromatic ring is 1. The molecule has 6 rings (SSSR count). The molecule has 0 saturated carbocycles. The lowest BCUT2D eigenvalue weighted by atomic mass is 10.1. The van der Waals surface area contributed by atoms with Gasteiger partial charge in [-0.25, -0.2) is 19.2 Å². The van der Waals surface area contributed by atoms with Gasteiger partial charge in [-0.15, -0.1) is 0 Å². The van der Waals surface area contributed by atoms with E-state index in [1.54, 1.807) is 24.4 Å². The molecule has 1 aliphatic rings. The molecule has 0 atom stereocenters. The van der Waals surface area contributed by atoms with Gasteiger partial charge in [0.05, 0.1) is 17.8 Å². The number of oxazole rings is 1. The molecule has 1 saturated heterocycles. The zero-order valence-electron chi connectivity index (χ0n) is 22.5. The fourth-order valence-electron chi connectivity index (χ4n) is 4.42.